The molecule has 0 spiro atoms. The summed E-state index contributed by atoms with van der Waals surface area (Å²) in [5.74, 6) is 0.574. The third-order valence-corrected chi connectivity index (χ3v) is 3.42. The standard InChI is InChI=1S/C11H19N3O2/c1-8(15)5-14-7-10(12-11(14)16)9-3-4-13(2)6-9/h9-10H,3-7H2,1-2H3,(H,12,16). The number of nitrogens with zero attached hydrogens (tertiary/aromatic N) is 2. The predicted octanol–water partition coefficient (Wildman–Crippen LogP) is -0.0791. The number of nitrogens with one attached hydrogen (secondary N) is 1. The first-order chi connectivity index (χ1) is 7.56. The Labute approximate surface area is 95.8 Å². The smallest absolute Gasteiger partial charge is 0.318 e. The molecule has 0 radical (unpaired) electrons. The molecular weight excluding hydrogens is 206 g/mol. The van der Waals surface area contributed by atoms with E-state index in [4.69, 9.17) is 0 Å². The van der Waals surface area contributed by atoms with Gasteiger partial charge in [0.15, 0.2) is 0 Å². The topological polar surface area (TPSA) is 52.7 Å². The maximum absolute atomic E-state index is 11.6. The van der Waals surface area contributed by atoms with E-state index >= 15 is 0 Å². The van der Waals surface area contributed by atoms with E-state index in [1.165, 1.54) is 6.92 Å². The minimum atomic E-state index is -0.0882. The molecule has 2 fully saturated rings. The van der Waals surface area contributed by atoms with Gasteiger partial charge in [0.25, 0.3) is 0 Å². The molecule has 2 aliphatic heterocycles. The molecular formula is C11H19N3O2. The summed E-state index contributed by atoms with van der Waals surface area (Å²) in [6.45, 7) is 4.58. The molecule has 2 atom stereocenters. The molecule has 2 heterocycles. The number of carbonyl (C=O) groups excluding carboxylic acids is 2. The summed E-state index contributed by atoms with van der Waals surface area (Å²) in [6, 6.07) is 0.131. The third-order valence-electron chi connectivity index (χ3n) is 3.42. The van der Waals surface area contributed by atoms with Crippen LogP contribution in [0.2, 0.25) is 0 Å². The Kier molecular flexibility index (Phi) is 3.14. The largest absolute Gasteiger partial charge is 0.333 e. The molecule has 0 aromatic carbocycles. The molecule has 1 N–H and O–H groups in total. The zero-order valence-electron chi connectivity index (χ0n) is 9.90. The Bertz CT molecular complexity index is 306. The minimum Gasteiger partial charge on any atom is -0.333 e. The van der Waals surface area contributed by atoms with Gasteiger partial charge in [-0.1, -0.05) is 0 Å². The molecule has 0 aliphatic carbocycles. The molecule has 0 aromatic heterocycles. The van der Waals surface area contributed by atoms with Crippen molar-refractivity contribution in [2.75, 3.05) is 33.2 Å². The van der Waals surface area contributed by atoms with Gasteiger partial charge < -0.3 is 15.1 Å². The molecule has 5 nitrogen and oxygen atoms in total. The van der Waals surface area contributed by atoms with Crippen molar-refractivity contribution in [2.45, 2.75) is 19.4 Å². The molecule has 0 saturated carbocycles. The first-order valence-electron chi connectivity index (χ1n) is 5.79. The number of Topliss-reactive ketones (excluding diaryl/α,β-unsaturated/α-hetero) is 1. The first kappa shape index (κ1) is 11.4. The van der Waals surface area contributed by atoms with E-state index in [0.29, 0.717) is 12.5 Å². The summed E-state index contributed by atoms with van der Waals surface area (Å²) >= 11 is 0. The highest BCUT2D eigenvalue weighted by Gasteiger charge is 2.36. The van der Waals surface area contributed by atoms with Crippen LogP contribution >= 0.6 is 0 Å². The second-order valence-corrected chi connectivity index (χ2v) is 4.95. The highest BCUT2D eigenvalue weighted by atomic mass is 16.2. The normalized spacial score (nSPS) is 30.9. The number of urea groups is 1. The monoisotopic (exact) mass is 225 g/mol. The summed E-state index contributed by atoms with van der Waals surface area (Å²) in [5.41, 5.74) is 0. The SMILES string of the molecule is CC(=O)CN1CC(C2CCN(C)C2)NC1=O. The number of likely N-dealkylation sites (tertiary alicyclic amines) is 1. The van der Waals surface area contributed by atoms with Gasteiger partial charge in [0.1, 0.15) is 5.78 Å². The van der Waals surface area contributed by atoms with Gasteiger partial charge in [0.2, 0.25) is 0 Å². The van der Waals surface area contributed by atoms with Crippen LogP contribution in [0.5, 0.6) is 0 Å². The Balaban J connectivity index is 1.90. The van der Waals surface area contributed by atoms with Crippen LogP contribution < -0.4 is 5.32 Å². The van der Waals surface area contributed by atoms with Crippen molar-refractivity contribution in [2.24, 2.45) is 5.92 Å². The van der Waals surface area contributed by atoms with Crippen LogP contribution in [0, 0.1) is 5.92 Å². The highest BCUT2D eigenvalue weighted by Crippen LogP contribution is 2.21. The zero-order valence-corrected chi connectivity index (χ0v) is 9.90. The highest BCUT2D eigenvalue weighted by molar-refractivity contribution is 5.85. The van der Waals surface area contributed by atoms with Gasteiger partial charge >= 0.3 is 6.03 Å². The van der Waals surface area contributed by atoms with Gasteiger partial charge in [0.05, 0.1) is 12.6 Å². The maximum Gasteiger partial charge on any atom is 0.318 e. The minimum absolute atomic E-state index is 0.0411. The lowest BCUT2D eigenvalue weighted by Crippen LogP contribution is -2.35. The second-order valence-electron chi connectivity index (χ2n) is 4.95. The van der Waals surface area contributed by atoms with Gasteiger partial charge in [-0.25, -0.2) is 4.79 Å². The van der Waals surface area contributed by atoms with E-state index in [0.717, 1.165) is 19.5 Å². The molecule has 2 amide bonds. The van der Waals surface area contributed by atoms with Crippen LogP contribution in [-0.4, -0.2) is 60.9 Å². The molecule has 2 rings (SSSR count). The van der Waals surface area contributed by atoms with Crippen LogP contribution in [0.4, 0.5) is 4.79 Å². The van der Waals surface area contributed by atoms with E-state index in [1.54, 1.807) is 4.90 Å². The van der Waals surface area contributed by atoms with Crippen molar-refractivity contribution in [1.29, 1.82) is 0 Å². The van der Waals surface area contributed by atoms with Crippen LogP contribution in [0.1, 0.15) is 13.3 Å². The number of amides is 2. The number of hydrogen-bond acceptors (Lipinski definition) is 3. The van der Waals surface area contributed by atoms with Gasteiger partial charge in [-0.15, -0.1) is 0 Å². The van der Waals surface area contributed by atoms with Crippen molar-refractivity contribution in [1.82, 2.24) is 15.1 Å². The van der Waals surface area contributed by atoms with E-state index in [1.807, 2.05) is 0 Å². The average molecular weight is 225 g/mol. The Hall–Kier alpha value is -1.10. The lowest BCUT2D eigenvalue weighted by molar-refractivity contribution is -0.117. The maximum atomic E-state index is 11.6. The summed E-state index contributed by atoms with van der Waals surface area (Å²) < 4.78 is 0. The van der Waals surface area contributed by atoms with E-state index in [-0.39, 0.29) is 24.4 Å². The molecule has 2 unspecified atom stereocenters. The Morgan fingerprint density at radius 2 is 2.25 bits per heavy atom. The van der Waals surface area contributed by atoms with Crippen LogP contribution in [-0.2, 0) is 4.79 Å². The molecule has 90 valence electrons. The summed E-state index contributed by atoms with van der Waals surface area (Å²) in [6.07, 6.45) is 1.13. The fourth-order valence-electron chi connectivity index (χ4n) is 2.59. The van der Waals surface area contributed by atoms with E-state index in [9.17, 15) is 9.59 Å². The molecule has 0 aromatic rings. The fourth-order valence-corrected chi connectivity index (χ4v) is 2.59. The van der Waals surface area contributed by atoms with Gasteiger partial charge in [-0.2, -0.15) is 0 Å². The van der Waals surface area contributed by atoms with Gasteiger partial charge in [-0.05, 0) is 32.9 Å². The zero-order chi connectivity index (χ0) is 11.7. The Morgan fingerprint density at radius 1 is 1.50 bits per heavy atom. The predicted molar refractivity (Wildman–Crippen MR) is 60.2 cm³/mol. The van der Waals surface area contributed by atoms with Crippen LogP contribution in [0.15, 0.2) is 0 Å². The third kappa shape index (κ3) is 2.35. The Morgan fingerprint density at radius 3 is 2.81 bits per heavy atom. The number of rotatable bonds is 3. The average Bonchev–Trinajstić information content (AvgIpc) is 2.74. The second kappa shape index (κ2) is 4.41. The van der Waals surface area contributed by atoms with Crippen molar-refractivity contribution < 1.29 is 9.59 Å². The van der Waals surface area contributed by atoms with Gasteiger partial charge in [0, 0.05) is 13.1 Å². The van der Waals surface area contributed by atoms with Crippen LogP contribution in [0.3, 0.4) is 0 Å². The summed E-state index contributed by atoms with van der Waals surface area (Å²) in [5, 5.41) is 2.98. The van der Waals surface area contributed by atoms with E-state index in [2.05, 4.69) is 17.3 Å². The number of ketones is 1. The number of hydrogen-bond donors (Lipinski definition) is 1. The molecule has 2 aliphatic rings. The van der Waals surface area contributed by atoms with Crippen molar-refractivity contribution in [3.63, 3.8) is 0 Å². The number of carbonyl (C=O) groups is 2. The first-order valence-corrected chi connectivity index (χ1v) is 5.79. The lowest BCUT2D eigenvalue weighted by atomic mass is 10.00. The molecule has 0 bridgehead atoms. The lowest BCUT2D eigenvalue weighted by Gasteiger charge is -2.17. The van der Waals surface area contributed by atoms with E-state index < -0.39 is 0 Å². The fraction of sp³-hybridized carbons (Fsp3) is 0.818. The van der Waals surface area contributed by atoms with Gasteiger partial charge in [-0.3, -0.25) is 4.79 Å². The molecule has 2 saturated heterocycles. The molecule has 5 heteroatoms. The molecule has 16 heavy (non-hydrogen) atoms. The quantitative estimate of drug-likeness (QED) is 0.731. The van der Waals surface area contributed by atoms with Crippen molar-refractivity contribution >= 4 is 11.8 Å². The summed E-state index contributed by atoms with van der Waals surface area (Å²) in [4.78, 5) is 26.5. The summed E-state index contributed by atoms with van der Waals surface area (Å²) in [7, 11) is 2.10. The van der Waals surface area contributed by atoms with Crippen molar-refractivity contribution in [3.8, 4) is 0 Å². The van der Waals surface area contributed by atoms with Crippen LogP contribution in [0.25, 0.3) is 0 Å². The van der Waals surface area contributed by atoms with Crippen molar-refractivity contribution in [3.05, 3.63) is 0 Å².